The van der Waals surface area contributed by atoms with Crippen molar-refractivity contribution in [1.82, 2.24) is 13.1 Å². The van der Waals surface area contributed by atoms with Crippen LogP contribution in [0, 0.1) is 6.92 Å². The highest BCUT2D eigenvalue weighted by molar-refractivity contribution is 14.1. The lowest BCUT2D eigenvalue weighted by Gasteiger charge is -2.20. The maximum atomic E-state index is 12.9. The molecule has 0 spiro atoms. The predicted molar refractivity (Wildman–Crippen MR) is 137 cm³/mol. The molecule has 1 aliphatic rings. The van der Waals surface area contributed by atoms with Crippen LogP contribution < -0.4 is 15.4 Å². The molecule has 2 heterocycles. The van der Waals surface area contributed by atoms with E-state index in [0.717, 1.165) is 5.56 Å². The summed E-state index contributed by atoms with van der Waals surface area (Å²) in [5, 5.41) is 14.5. The van der Waals surface area contributed by atoms with E-state index in [1.807, 2.05) is 22.9 Å². The van der Waals surface area contributed by atoms with Gasteiger partial charge in [0.25, 0.3) is 11.8 Å². The van der Waals surface area contributed by atoms with E-state index in [1.165, 1.54) is 21.6 Å². The van der Waals surface area contributed by atoms with Gasteiger partial charge in [0.1, 0.15) is 23.6 Å². The molecular weight excluding hydrogens is 581 g/mol. The first kappa shape index (κ1) is 25.0. The van der Waals surface area contributed by atoms with Crippen molar-refractivity contribution in [2.24, 2.45) is 0 Å². The number of aromatic nitrogens is 2. The van der Waals surface area contributed by atoms with Crippen LogP contribution in [0.1, 0.15) is 37.5 Å². The number of nitrogens with zero attached hydrogens (tertiary/aromatic N) is 3. The van der Waals surface area contributed by atoms with Gasteiger partial charge in [-0.3, -0.25) is 17.5 Å². The first-order chi connectivity index (χ1) is 17.2. The maximum absolute atomic E-state index is 12.9. The maximum Gasteiger partial charge on any atom is 0.335 e. The Labute approximate surface area is 219 Å². The second-order valence-corrected chi connectivity index (χ2v) is 9.13. The molecule has 11 nitrogen and oxygen atoms in total. The number of carbonyl (C=O) groups is 4. The van der Waals surface area contributed by atoms with Gasteiger partial charge in [-0.1, -0.05) is 18.2 Å². The van der Waals surface area contributed by atoms with Gasteiger partial charge in [0.2, 0.25) is 5.91 Å². The summed E-state index contributed by atoms with van der Waals surface area (Å²) >= 11 is 1.87. The topological polar surface area (TPSA) is 151 Å². The number of ether oxygens (including phenoxy) is 1. The Morgan fingerprint density at radius 3 is 2.67 bits per heavy atom. The van der Waals surface area contributed by atoms with Gasteiger partial charge in [0.15, 0.2) is 6.61 Å². The highest BCUT2D eigenvalue weighted by atomic mass is 127. The minimum Gasteiger partial charge on any atom is -0.482 e. The number of nitrogens with one attached hydrogen (secondary N) is 2. The van der Waals surface area contributed by atoms with Gasteiger partial charge >= 0.3 is 5.97 Å². The van der Waals surface area contributed by atoms with Gasteiger partial charge in [0.05, 0.1) is 47.1 Å². The molecule has 4 rings (SSSR count). The number of aryl methyl sites for hydroxylation is 1. The molecule has 0 atom stereocenters. The Hall–Kier alpha value is -4.07. The van der Waals surface area contributed by atoms with Gasteiger partial charge < -0.3 is 20.5 Å². The van der Waals surface area contributed by atoms with Gasteiger partial charge in [-0.15, -0.1) is 0 Å². The third-order valence-corrected chi connectivity index (χ3v) is 6.04. The molecule has 0 radical (unpaired) electrons. The number of halogens is 1. The third-order valence-electron chi connectivity index (χ3n) is 5.26. The average Bonchev–Trinajstić information content (AvgIpc) is 2.83. The van der Waals surface area contributed by atoms with E-state index in [0.29, 0.717) is 22.6 Å². The summed E-state index contributed by atoms with van der Waals surface area (Å²) in [6, 6.07) is 11.3. The molecule has 1 aliphatic heterocycles. The first-order valence-electron chi connectivity index (χ1n) is 10.7. The minimum atomic E-state index is -1.03. The number of rotatable bonds is 7. The van der Waals surface area contributed by atoms with E-state index < -0.39 is 11.9 Å². The lowest BCUT2D eigenvalue weighted by Crippen LogP contribution is -2.26. The fourth-order valence-electron chi connectivity index (χ4n) is 3.58. The summed E-state index contributed by atoms with van der Waals surface area (Å²) in [6.07, 6.45) is 1.19. The van der Waals surface area contributed by atoms with E-state index in [4.69, 9.17) is 9.84 Å². The minimum absolute atomic E-state index is 0.00497. The SMILES string of the molecule is Cc1cc(CC(=O)Nc2cc(C(=O)N(I)Cc3ccc4c(c3)NC(=O)CO4)ncn2)ccc1C(=O)O. The monoisotopic (exact) mass is 601 g/mol. The number of anilines is 2. The highest BCUT2D eigenvalue weighted by Crippen LogP contribution is 2.29. The average molecular weight is 601 g/mol. The molecule has 0 aliphatic carbocycles. The van der Waals surface area contributed by atoms with Crippen molar-refractivity contribution in [1.29, 1.82) is 0 Å². The smallest absolute Gasteiger partial charge is 0.335 e. The standard InChI is InChI=1S/C24H20IN5O6/c1-13-6-14(2-4-16(13)24(34)35)8-21(31)29-20-9-18(26-12-27-20)23(33)30(25)10-15-3-5-19-17(7-15)28-22(32)11-36-19/h2-7,9,12H,8,10-11H2,1H3,(H,28,32)(H,34,35)(H,26,27,29,31). The first-order valence-corrected chi connectivity index (χ1v) is 11.6. The van der Waals surface area contributed by atoms with Crippen molar-refractivity contribution >= 4 is 58.1 Å². The number of fused-ring (bicyclic) bond motifs is 1. The molecule has 0 unspecified atom stereocenters. The Balaban J connectivity index is 1.39. The molecule has 3 amide bonds. The van der Waals surface area contributed by atoms with Crippen molar-refractivity contribution < 1.29 is 29.0 Å². The van der Waals surface area contributed by atoms with Crippen molar-refractivity contribution in [3.05, 3.63) is 76.7 Å². The van der Waals surface area contributed by atoms with E-state index in [-0.39, 0.29) is 48.5 Å². The number of aromatic carboxylic acids is 1. The quantitative estimate of drug-likeness (QED) is 0.276. The van der Waals surface area contributed by atoms with Gasteiger partial charge in [0, 0.05) is 6.07 Å². The van der Waals surface area contributed by atoms with E-state index in [2.05, 4.69) is 20.6 Å². The molecule has 0 fully saturated rings. The molecule has 1 aromatic heterocycles. The van der Waals surface area contributed by atoms with E-state index in [9.17, 15) is 19.2 Å². The number of carbonyl (C=O) groups excluding carboxylic acids is 3. The van der Waals surface area contributed by atoms with Crippen LogP contribution in [0.5, 0.6) is 5.75 Å². The van der Waals surface area contributed by atoms with Crippen LogP contribution in [0.4, 0.5) is 11.5 Å². The van der Waals surface area contributed by atoms with Crippen molar-refractivity contribution in [3.63, 3.8) is 0 Å². The zero-order chi connectivity index (χ0) is 25.8. The molecule has 0 saturated heterocycles. The number of benzene rings is 2. The van der Waals surface area contributed by atoms with Crippen LogP contribution in [-0.4, -0.2) is 48.5 Å². The van der Waals surface area contributed by atoms with E-state index >= 15 is 0 Å². The summed E-state index contributed by atoms with van der Waals surface area (Å²) in [4.78, 5) is 56.1. The summed E-state index contributed by atoms with van der Waals surface area (Å²) in [7, 11) is 0. The Morgan fingerprint density at radius 1 is 1.14 bits per heavy atom. The number of carboxylic acid groups (broad SMARTS) is 1. The summed E-state index contributed by atoms with van der Waals surface area (Å²) in [6.45, 7) is 1.86. The zero-order valence-electron chi connectivity index (χ0n) is 18.9. The number of amides is 3. The predicted octanol–water partition coefficient (Wildman–Crippen LogP) is 2.99. The van der Waals surface area contributed by atoms with Crippen molar-refractivity contribution in [3.8, 4) is 5.75 Å². The van der Waals surface area contributed by atoms with Crippen LogP contribution in [0.15, 0.2) is 48.8 Å². The van der Waals surface area contributed by atoms with Gasteiger partial charge in [-0.25, -0.2) is 14.8 Å². The molecule has 2 aromatic carbocycles. The zero-order valence-corrected chi connectivity index (χ0v) is 21.1. The van der Waals surface area contributed by atoms with Crippen LogP contribution in [0.3, 0.4) is 0 Å². The number of hydrogen-bond donors (Lipinski definition) is 3. The van der Waals surface area contributed by atoms with Crippen LogP contribution in [0.25, 0.3) is 0 Å². The molecular formula is C24H20IN5O6. The highest BCUT2D eigenvalue weighted by Gasteiger charge is 2.20. The lowest BCUT2D eigenvalue weighted by molar-refractivity contribution is -0.118. The Bertz CT molecular complexity index is 1380. The molecule has 3 N–H and O–H groups in total. The van der Waals surface area contributed by atoms with Crippen LogP contribution in [0.2, 0.25) is 0 Å². The number of hydrogen-bond acceptors (Lipinski definition) is 7. The third kappa shape index (κ3) is 5.94. The molecule has 12 heteroatoms. The fourth-order valence-corrected chi connectivity index (χ4v) is 4.22. The van der Waals surface area contributed by atoms with E-state index in [1.54, 1.807) is 37.3 Å². The second kappa shape index (κ2) is 10.7. The molecule has 0 bridgehead atoms. The molecule has 36 heavy (non-hydrogen) atoms. The second-order valence-electron chi connectivity index (χ2n) is 7.96. The normalized spacial score (nSPS) is 12.1. The largest absolute Gasteiger partial charge is 0.482 e. The van der Waals surface area contributed by atoms with Crippen LogP contribution in [-0.2, 0) is 22.6 Å². The van der Waals surface area contributed by atoms with Gasteiger partial charge in [-0.2, -0.15) is 0 Å². The molecule has 3 aromatic rings. The molecule has 184 valence electrons. The van der Waals surface area contributed by atoms with Crippen molar-refractivity contribution in [2.45, 2.75) is 19.9 Å². The fraction of sp³-hybridized carbons (Fsp3) is 0.167. The summed E-state index contributed by atoms with van der Waals surface area (Å²) in [5.74, 6) is -1.32. The number of carboxylic acids is 1. The van der Waals surface area contributed by atoms with Crippen molar-refractivity contribution in [2.75, 3.05) is 17.2 Å². The van der Waals surface area contributed by atoms with Gasteiger partial charge in [-0.05, 0) is 41.8 Å². The lowest BCUT2D eigenvalue weighted by atomic mass is 10.0. The summed E-state index contributed by atoms with van der Waals surface area (Å²) in [5.41, 5.74) is 2.78. The molecule has 0 saturated carbocycles. The van der Waals surface area contributed by atoms with Crippen LogP contribution >= 0.6 is 22.9 Å². The Morgan fingerprint density at radius 2 is 1.92 bits per heavy atom. The summed E-state index contributed by atoms with van der Waals surface area (Å²) < 4.78 is 6.77. The Kier molecular flexibility index (Phi) is 7.43.